The van der Waals surface area contributed by atoms with E-state index in [1.54, 1.807) is 10.7 Å². The Kier molecular flexibility index (Phi) is 5.56. The summed E-state index contributed by atoms with van der Waals surface area (Å²) < 4.78 is 1.57. The predicted molar refractivity (Wildman–Crippen MR) is 126 cm³/mol. The van der Waals surface area contributed by atoms with E-state index in [0.29, 0.717) is 12.2 Å². The Balaban J connectivity index is 1.45. The molecule has 3 aromatic heterocycles. The first kappa shape index (κ1) is 21.8. The van der Waals surface area contributed by atoms with E-state index < -0.39 is 5.41 Å². The van der Waals surface area contributed by atoms with Gasteiger partial charge in [0.25, 0.3) is 5.56 Å². The molecule has 3 aromatic rings. The molecule has 0 radical (unpaired) electrons. The second-order valence-electron chi connectivity index (χ2n) is 10.3. The second kappa shape index (κ2) is 8.41. The second-order valence-corrected chi connectivity index (χ2v) is 10.3. The van der Waals surface area contributed by atoms with Gasteiger partial charge in [-0.3, -0.25) is 24.6 Å². The summed E-state index contributed by atoms with van der Waals surface area (Å²) in [7, 11) is 0. The summed E-state index contributed by atoms with van der Waals surface area (Å²) in [5.74, 6) is 0.150. The number of piperidine rings is 1. The molecule has 8 nitrogen and oxygen atoms in total. The topological polar surface area (TPSA) is 86.6 Å². The molecular formula is C25H32N6O2. The van der Waals surface area contributed by atoms with E-state index >= 15 is 0 Å². The smallest absolute Gasteiger partial charge is 0.277 e. The first-order valence-corrected chi connectivity index (χ1v) is 11.9. The number of pyridine rings is 1. The van der Waals surface area contributed by atoms with Crippen molar-refractivity contribution in [3.05, 3.63) is 63.5 Å². The summed E-state index contributed by atoms with van der Waals surface area (Å²) >= 11 is 0. The number of fused-ring (bicyclic) bond motifs is 2. The summed E-state index contributed by atoms with van der Waals surface area (Å²) in [6.07, 6.45) is 7.36. The van der Waals surface area contributed by atoms with E-state index in [-0.39, 0.29) is 17.5 Å². The van der Waals surface area contributed by atoms with E-state index in [9.17, 15) is 9.59 Å². The Morgan fingerprint density at radius 2 is 2.09 bits per heavy atom. The first-order chi connectivity index (χ1) is 15.8. The fourth-order valence-corrected chi connectivity index (χ4v) is 5.04. The summed E-state index contributed by atoms with van der Waals surface area (Å²) in [4.78, 5) is 39.8. The minimum absolute atomic E-state index is 0.0401. The van der Waals surface area contributed by atoms with Crippen molar-refractivity contribution in [2.75, 3.05) is 13.1 Å². The monoisotopic (exact) mass is 448 g/mol. The minimum Gasteiger partial charge on any atom is -0.334 e. The van der Waals surface area contributed by atoms with Crippen molar-refractivity contribution >= 4 is 11.6 Å². The van der Waals surface area contributed by atoms with Gasteiger partial charge in [0.05, 0.1) is 23.0 Å². The lowest BCUT2D eigenvalue weighted by molar-refractivity contribution is -0.143. The molecule has 0 bridgehead atoms. The number of hydrogen-bond acceptors (Lipinski definition) is 5. The molecule has 0 unspecified atom stereocenters. The molecule has 8 heteroatoms. The van der Waals surface area contributed by atoms with Crippen molar-refractivity contribution in [1.82, 2.24) is 29.4 Å². The number of aromatic nitrogens is 4. The molecule has 174 valence electrons. The van der Waals surface area contributed by atoms with Crippen LogP contribution in [0, 0.1) is 5.41 Å². The zero-order valence-corrected chi connectivity index (χ0v) is 19.7. The number of hydrogen-bond donors (Lipinski definition) is 1. The largest absolute Gasteiger partial charge is 0.334 e. The maximum Gasteiger partial charge on any atom is 0.277 e. The summed E-state index contributed by atoms with van der Waals surface area (Å²) in [6, 6.07) is 5.91. The average molecular weight is 449 g/mol. The molecule has 1 fully saturated rings. The fourth-order valence-electron chi connectivity index (χ4n) is 5.04. The van der Waals surface area contributed by atoms with Crippen LogP contribution in [-0.4, -0.2) is 48.4 Å². The van der Waals surface area contributed by atoms with Gasteiger partial charge in [0.1, 0.15) is 0 Å². The van der Waals surface area contributed by atoms with Crippen molar-refractivity contribution in [2.45, 2.75) is 65.6 Å². The van der Waals surface area contributed by atoms with Gasteiger partial charge in [-0.25, -0.2) is 9.50 Å². The van der Waals surface area contributed by atoms with Crippen LogP contribution in [0.4, 0.5) is 0 Å². The van der Waals surface area contributed by atoms with Crippen LogP contribution in [-0.2, 0) is 24.3 Å². The maximum absolute atomic E-state index is 13.4. The molecule has 33 heavy (non-hydrogen) atoms. The molecule has 1 N–H and O–H groups in total. The summed E-state index contributed by atoms with van der Waals surface area (Å²) in [5.41, 5.74) is 3.84. The van der Waals surface area contributed by atoms with Crippen LogP contribution in [0.15, 0.2) is 35.4 Å². The highest BCUT2D eigenvalue weighted by atomic mass is 16.2. The third-order valence-corrected chi connectivity index (χ3v) is 6.75. The molecule has 0 saturated carbocycles. The van der Waals surface area contributed by atoms with Gasteiger partial charge >= 0.3 is 0 Å². The summed E-state index contributed by atoms with van der Waals surface area (Å²) in [5, 5.41) is 3.30. The van der Waals surface area contributed by atoms with Crippen molar-refractivity contribution < 1.29 is 4.79 Å². The van der Waals surface area contributed by atoms with Crippen LogP contribution < -0.4 is 5.56 Å². The molecule has 1 amide bonds. The van der Waals surface area contributed by atoms with Crippen molar-refractivity contribution in [3.8, 4) is 0 Å². The lowest BCUT2D eigenvalue weighted by Crippen LogP contribution is -2.44. The first-order valence-electron chi connectivity index (χ1n) is 11.9. The van der Waals surface area contributed by atoms with Gasteiger partial charge in [0.2, 0.25) is 5.91 Å². The lowest BCUT2D eigenvalue weighted by atomic mass is 9.90. The van der Waals surface area contributed by atoms with E-state index in [4.69, 9.17) is 4.98 Å². The van der Waals surface area contributed by atoms with Gasteiger partial charge in [0.15, 0.2) is 5.65 Å². The van der Waals surface area contributed by atoms with Gasteiger partial charge < -0.3 is 4.90 Å². The van der Waals surface area contributed by atoms with Crippen LogP contribution in [0.1, 0.15) is 68.6 Å². The molecule has 1 atom stereocenters. The van der Waals surface area contributed by atoms with Crippen LogP contribution in [0.2, 0.25) is 0 Å². The Labute approximate surface area is 193 Å². The molecular weight excluding hydrogens is 416 g/mol. The van der Waals surface area contributed by atoms with Gasteiger partial charge in [-0.1, -0.05) is 26.8 Å². The normalized spacial score (nSPS) is 19.6. The number of carbonyl (C=O) groups is 1. The van der Waals surface area contributed by atoms with Gasteiger partial charge in [-0.2, -0.15) is 0 Å². The third-order valence-electron chi connectivity index (χ3n) is 6.75. The molecule has 5 rings (SSSR count). The Bertz CT molecular complexity index is 1220. The number of likely N-dealkylation sites (tertiary alicyclic amines) is 1. The van der Waals surface area contributed by atoms with Crippen molar-refractivity contribution in [2.24, 2.45) is 5.41 Å². The lowest BCUT2D eigenvalue weighted by Gasteiger charge is -2.38. The molecule has 0 spiro atoms. The number of H-pyrrole nitrogens is 1. The number of nitrogens with one attached hydrogen (secondary N) is 1. The number of rotatable bonds is 3. The van der Waals surface area contributed by atoms with E-state index in [1.807, 2.05) is 44.0 Å². The van der Waals surface area contributed by atoms with Crippen molar-refractivity contribution in [1.29, 1.82) is 0 Å². The highest BCUT2D eigenvalue weighted by Gasteiger charge is 2.35. The predicted octanol–water partition coefficient (Wildman–Crippen LogP) is 3.08. The zero-order chi connectivity index (χ0) is 23.2. The number of nitrogens with zero attached hydrogens (tertiary/aromatic N) is 5. The minimum atomic E-state index is -0.437. The van der Waals surface area contributed by atoms with E-state index in [2.05, 4.69) is 21.0 Å². The highest BCUT2D eigenvalue weighted by Crippen LogP contribution is 2.34. The maximum atomic E-state index is 13.4. The molecule has 2 aliphatic rings. The standard InChI is InChI=1S/C25H32N6O2/c1-25(2,3)24(33)30-11-5-4-8-21(30)20-13-22-27-19-9-12-29(15-17-7-6-10-26-14-17)16-18(19)23(32)31(22)28-20/h6-7,10,13-14,21,28H,4-5,8-9,11-12,15-16H2,1-3H3/t21-/m0/s1. The van der Waals surface area contributed by atoms with Crippen LogP contribution in [0.3, 0.4) is 0 Å². The Morgan fingerprint density at radius 3 is 2.85 bits per heavy atom. The molecule has 2 aliphatic heterocycles. The van der Waals surface area contributed by atoms with E-state index in [1.165, 1.54) is 0 Å². The average Bonchev–Trinajstić information content (AvgIpc) is 3.23. The van der Waals surface area contributed by atoms with Crippen LogP contribution in [0.5, 0.6) is 0 Å². The van der Waals surface area contributed by atoms with Gasteiger partial charge in [0, 0.05) is 56.5 Å². The van der Waals surface area contributed by atoms with Gasteiger partial charge in [-0.05, 0) is 30.9 Å². The SMILES string of the molecule is CC(C)(C)C(=O)N1CCCC[C@H]1c1cc2nc3c(c(=O)n2[nH]1)CN(Cc1cccnc1)CC3. The molecule has 1 saturated heterocycles. The quantitative estimate of drug-likeness (QED) is 0.665. The van der Waals surface area contributed by atoms with Crippen LogP contribution >= 0.6 is 0 Å². The van der Waals surface area contributed by atoms with E-state index in [0.717, 1.165) is 67.8 Å². The molecule has 0 aliphatic carbocycles. The zero-order valence-electron chi connectivity index (χ0n) is 19.7. The Morgan fingerprint density at radius 1 is 1.24 bits per heavy atom. The highest BCUT2D eigenvalue weighted by molar-refractivity contribution is 5.82. The van der Waals surface area contributed by atoms with Crippen molar-refractivity contribution in [3.63, 3.8) is 0 Å². The fraction of sp³-hybridized carbons (Fsp3) is 0.520. The molecule has 5 heterocycles. The summed E-state index contributed by atoms with van der Waals surface area (Å²) in [6.45, 7) is 8.83. The number of aromatic amines is 1. The third kappa shape index (κ3) is 4.19. The number of carbonyl (C=O) groups excluding carboxylic acids is 1. The number of amides is 1. The van der Waals surface area contributed by atoms with Gasteiger partial charge in [-0.15, -0.1) is 0 Å². The Hall–Kier alpha value is -3.00. The molecule has 0 aromatic carbocycles. The van der Waals surface area contributed by atoms with Crippen LogP contribution in [0.25, 0.3) is 5.65 Å².